The van der Waals surface area contributed by atoms with Gasteiger partial charge in [-0.25, -0.2) is 10.1 Å². The van der Waals surface area contributed by atoms with Gasteiger partial charge in [-0.1, -0.05) is 27.5 Å². The SMILES string of the molecule is O=CN(O)CC(NC(=O)c1cc(Br)ccc1Cl)N(O)C=O. The summed E-state index contributed by atoms with van der Waals surface area (Å²) in [5.74, 6) is -0.702. The van der Waals surface area contributed by atoms with Crippen molar-refractivity contribution in [1.29, 1.82) is 0 Å². The zero-order valence-electron chi connectivity index (χ0n) is 10.4. The second-order valence-electron chi connectivity index (χ2n) is 3.83. The molecule has 0 saturated heterocycles. The Morgan fingerprint density at radius 2 is 2.05 bits per heavy atom. The molecule has 8 nitrogen and oxygen atoms in total. The summed E-state index contributed by atoms with van der Waals surface area (Å²) < 4.78 is 0.599. The fourth-order valence-electron chi connectivity index (χ4n) is 1.39. The number of benzene rings is 1. The average molecular weight is 381 g/mol. The third-order valence-electron chi connectivity index (χ3n) is 2.38. The van der Waals surface area contributed by atoms with Crippen LogP contribution in [0.2, 0.25) is 5.02 Å². The Hall–Kier alpha value is -1.68. The minimum absolute atomic E-state index is 0.0199. The molecule has 0 spiro atoms. The second-order valence-corrected chi connectivity index (χ2v) is 5.15. The molecule has 3 N–H and O–H groups in total. The Bertz CT molecular complexity index is 545. The van der Waals surface area contributed by atoms with Gasteiger partial charge in [-0.05, 0) is 18.2 Å². The summed E-state index contributed by atoms with van der Waals surface area (Å²) in [4.78, 5) is 33.0. The van der Waals surface area contributed by atoms with Gasteiger partial charge in [-0.2, -0.15) is 0 Å². The molecule has 114 valence electrons. The van der Waals surface area contributed by atoms with E-state index in [1.807, 2.05) is 0 Å². The van der Waals surface area contributed by atoms with Crippen molar-refractivity contribution in [1.82, 2.24) is 15.4 Å². The van der Waals surface area contributed by atoms with E-state index in [0.29, 0.717) is 4.47 Å². The van der Waals surface area contributed by atoms with Crippen LogP contribution < -0.4 is 5.32 Å². The van der Waals surface area contributed by atoms with E-state index in [9.17, 15) is 19.6 Å². The van der Waals surface area contributed by atoms with Crippen molar-refractivity contribution in [2.45, 2.75) is 6.17 Å². The van der Waals surface area contributed by atoms with Crippen LogP contribution in [0.1, 0.15) is 10.4 Å². The molecule has 0 aromatic heterocycles. The van der Waals surface area contributed by atoms with Gasteiger partial charge in [0.25, 0.3) is 5.91 Å². The van der Waals surface area contributed by atoms with Crippen molar-refractivity contribution in [2.75, 3.05) is 6.54 Å². The summed E-state index contributed by atoms with van der Waals surface area (Å²) >= 11 is 9.05. The first-order valence-corrected chi connectivity index (χ1v) is 6.65. The van der Waals surface area contributed by atoms with Gasteiger partial charge in [0, 0.05) is 4.47 Å². The molecule has 0 saturated carbocycles. The molecule has 0 heterocycles. The number of hydrogen-bond acceptors (Lipinski definition) is 5. The largest absolute Gasteiger partial charge is 0.328 e. The minimum atomic E-state index is -1.35. The summed E-state index contributed by atoms with van der Waals surface area (Å²) in [5, 5.41) is 21.1. The number of carbonyl (C=O) groups excluding carboxylic acids is 3. The van der Waals surface area contributed by atoms with Crippen LogP contribution in [0.25, 0.3) is 0 Å². The highest BCUT2D eigenvalue weighted by molar-refractivity contribution is 9.10. The number of nitrogens with one attached hydrogen (secondary N) is 1. The van der Waals surface area contributed by atoms with Crippen molar-refractivity contribution in [3.8, 4) is 0 Å². The third-order valence-corrected chi connectivity index (χ3v) is 3.20. The fraction of sp³-hybridized carbons (Fsp3) is 0.182. The van der Waals surface area contributed by atoms with Gasteiger partial charge < -0.3 is 5.32 Å². The molecule has 0 aliphatic rings. The van der Waals surface area contributed by atoms with Crippen LogP contribution in [0.5, 0.6) is 0 Å². The molecule has 0 radical (unpaired) electrons. The lowest BCUT2D eigenvalue weighted by Gasteiger charge is -2.25. The monoisotopic (exact) mass is 379 g/mol. The Morgan fingerprint density at radius 1 is 1.38 bits per heavy atom. The van der Waals surface area contributed by atoms with E-state index < -0.39 is 18.6 Å². The number of halogens is 2. The highest BCUT2D eigenvalue weighted by atomic mass is 79.9. The van der Waals surface area contributed by atoms with Gasteiger partial charge in [0.05, 0.1) is 17.1 Å². The molecule has 0 fully saturated rings. The van der Waals surface area contributed by atoms with Gasteiger partial charge in [-0.3, -0.25) is 24.8 Å². The summed E-state index contributed by atoms with van der Waals surface area (Å²) in [5.41, 5.74) is 0.0888. The molecule has 0 aliphatic heterocycles. The molecule has 1 aromatic carbocycles. The first-order valence-electron chi connectivity index (χ1n) is 5.48. The molecule has 3 amide bonds. The van der Waals surface area contributed by atoms with Crippen LogP contribution in [-0.4, -0.2) is 52.0 Å². The Balaban J connectivity index is 2.91. The van der Waals surface area contributed by atoms with Crippen molar-refractivity contribution >= 4 is 46.3 Å². The molecular weight excluding hydrogens is 369 g/mol. The zero-order chi connectivity index (χ0) is 16.0. The summed E-state index contributed by atoms with van der Waals surface area (Å²) in [6.45, 7) is -0.532. The van der Waals surface area contributed by atoms with Gasteiger partial charge in [0.1, 0.15) is 0 Å². The van der Waals surface area contributed by atoms with E-state index in [0.717, 1.165) is 0 Å². The number of hydroxylamine groups is 4. The molecule has 10 heteroatoms. The normalized spacial score (nSPS) is 11.4. The Morgan fingerprint density at radius 3 is 2.62 bits per heavy atom. The van der Waals surface area contributed by atoms with Crippen LogP contribution >= 0.6 is 27.5 Å². The Kier molecular flexibility index (Phi) is 6.56. The Labute approximate surface area is 132 Å². The van der Waals surface area contributed by atoms with E-state index in [1.54, 1.807) is 6.07 Å². The molecule has 21 heavy (non-hydrogen) atoms. The van der Waals surface area contributed by atoms with E-state index in [2.05, 4.69) is 21.2 Å². The topological polar surface area (TPSA) is 110 Å². The maximum atomic E-state index is 12.1. The van der Waals surface area contributed by atoms with Gasteiger partial charge in [0.2, 0.25) is 12.8 Å². The van der Waals surface area contributed by atoms with Crippen LogP contribution in [-0.2, 0) is 9.59 Å². The van der Waals surface area contributed by atoms with Crippen molar-refractivity contribution in [3.05, 3.63) is 33.3 Å². The molecule has 0 aliphatic carbocycles. The maximum absolute atomic E-state index is 12.1. The van der Waals surface area contributed by atoms with E-state index in [1.165, 1.54) is 12.1 Å². The molecule has 0 bridgehead atoms. The van der Waals surface area contributed by atoms with Crippen molar-refractivity contribution < 1.29 is 24.8 Å². The van der Waals surface area contributed by atoms with Gasteiger partial charge in [0.15, 0.2) is 6.17 Å². The van der Waals surface area contributed by atoms with E-state index in [4.69, 9.17) is 16.8 Å². The van der Waals surface area contributed by atoms with Crippen molar-refractivity contribution in [2.24, 2.45) is 0 Å². The van der Waals surface area contributed by atoms with Crippen molar-refractivity contribution in [3.63, 3.8) is 0 Å². The summed E-state index contributed by atoms with van der Waals surface area (Å²) in [7, 11) is 0. The summed E-state index contributed by atoms with van der Waals surface area (Å²) in [6, 6.07) is 4.55. The third kappa shape index (κ3) is 4.97. The highest BCUT2D eigenvalue weighted by Gasteiger charge is 2.22. The number of carbonyl (C=O) groups is 3. The molecule has 1 rings (SSSR count). The standard InChI is InChI=1S/C11H11BrClN3O5/c12-7-1-2-9(13)8(3-7)11(19)14-10(16(21)6-18)4-15(20)5-17/h1-3,5-6,10,20-21H,4H2,(H,14,19). The number of nitrogens with zero attached hydrogens (tertiary/aromatic N) is 2. The average Bonchev–Trinajstić information content (AvgIpc) is 2.47. The molecule has 1 atom stereocenters. The number of hydrogen-bond donors (Lipinski definition) is 3. The molecular formula is C11H11BrClN3O5. The highest BCUT2D eigenvalue weighted by Crippen LogP contribution is 2.21. The van der Waals surface area contributed by atoms with Crippen LogP contribution in [0.4, 0.5) is 0 Å². The predicted octanol–water partition coefficient (Wildman–Crippen LogP) is 0.854. The quantitative estimate of drug-likeness (QED) is 0.281. The maximum Gasteiger partial charge on any atom is 0.254 e. The van der Waals surface area contributed by atoms with Gasteiger partial charge in [-0.15, -0.1) is 0 Å². The predicted molar refractivity (Wildman–Crippen MR) is 74.7 cm³/mol. The summed E-state index contributed by atoms with van der Waals surface area (Å²) in [6.07, 6.45) is -1.27. The smallest absolute Gasteiger partial charge is 0.254 e. The van der Waals surface area contributed by atoms with E-state index in [-0.39, 0.29) is 33.5 Å². The van der Waals surface area contributed by atoms with Gasteiger partial charge >= 0.3 is 0 Å². The van der Waals surface area contributed by atoms with E-state index >= 15 is 0 Å². The first-order chi connectivity index (χ1) is 9.88. The number of rotatable bonds is 7. The minimum Gasteiger partial charge on any atom is -0.328 e. The lowest BCUT2D eigenvalue weighted by Crippen LogP contribution is -2.52. The van der Waals surface area contributed by atoms with Crippen LogP contribution in [0, 0.1) is 0 Å². The molecule has 1 aromatic rings. The lowest BCUT2D eigenvalue weighted by molar-refractivity contribution is -0.180. The molecule has 1 unspecified atom stereocenters. The van der Waals surface area contributed by atoms with Crippen LogP contribution in [0.15, 0.2) is 22.7 Å². The second kappa shape index (κ2) is 7.93. The van der Waals surface area contributed by atoms with Crippen LogP contribution in [0.3, 0.4) is 0 Å². The zero-order valence-corrected chi connectivity index (χ0v) is 12.8. The number of amides is 3. The fourth-order valence-corrected chi connectivity index (χ4v) is 1.95. The lowest BCUT2D eigenvalue weighted by atomic mass is 10.2. The first kappa shape index (κ1) is 17.4.